The molecule has 102 valence electrons. The molecule has 0 unspecified atom stereocenters. The molecule has 18 heavy (non-hydrogen) atoms. The zero-order chi connectivity index (χ0) is 13.1. The van der Waals surface area contributed by atoms with Gasteiger partial charge in [-0.15, -0.1) is 0 Å². The zero-order valence-corrected chi connectivity index (χ0v) is 11.1. The molecule has 0 fully saturated rings. The highest BCUT2D eigenvalue weighted by molar-refractivity contribution is 5.32. The van der Waals surface area contributed by atoms with Crippen molar-refractivity contribution in [2.45, 2.75) is 19.9 Å². The minimum atomic E-state index is 0.488. The SMILES string of the molecule is CCCOCCOCCOc1ccccc1CN. The highest BCUT2D eigenvalue weighted by atomic mass is 16.5. The van der Waals surface area contributed by atoms with Crippen LogP contribution in [0.4, 0.5) is 0 Å². The number of benzene rings is 1. The van der Waals surface area contributed by atoms with Gasteiger partial charge in [0.2, 0.25) is 0 Å². The van der Waals surface area contributed by atoms with Crippen LogP contribution in [-0.4, -0.2) is 33.0 Å². The Morgan fingerprint density at radius 3 is 2.33 bits per heavy atom. The third kappa shape index (κ3) is 6.00. The summed E-state index contributed by atoms with van der Waals surface area (Å²) in [5.74, 6) is 0.839. The monoisotopic (exact) mass is 253 g/mol. The molecule has 0 heterocycles. The van der Waals surface area contributed by atoms with Gasteiger partial charge in [-0.25, -0.2) is 0 Å². The summed E-state index contributed by atoms with van der Waals surface area (Å²) in [4.78, 5) is 0. The second-order valence-electron chi connectivity index (χ2n) is 3.89. The van der Waals surface area contributed by atoms with Gasteiger partial charge < -0.3 is 19.9 Å². The van der Waals surface area contributed by atoms with E-state index in [2.05, 4.69) is 6.92 Å². The Morgan fingerprint density at radius 2 is 1.61 bits per heavy atom. The van der Waals surface area contributed by atoms with Crippen LogP contribution in [0.25, 0.3) is 0 Å². The van der Waals surface area contributed by atoms with Crippen molar-refractivity contribution in [3.05, 3.63) is 29.8 Å². The van der Waals surface area contributed by atoms with Crippen LogP contribution in [0.3, 0.4) is 0 Å². The molecule has 2 N–H and O–H groups in total. The van der Waals surface area contributed by atoms with E-state index in [1.165, 1.54) is 0 Å². The predicted octanol–water partition coefficient (Wildman–Crippen LogP) is 1.97. The van der Waals surface area contributed by atoms with Crippen LogP contribution < -0.4 is 10.5 Å². The quantitative estimate of drug-likeness (QED) is 0.648. The Balaban J connectivity index is 2.07. The average molecular weight is 253 g/mol. The fourth-order valence-corrected chi connectivity index (χ4v) is 1.49. The molecule has 0 saturated heterocycles. The number of hydrogen-bond donors (Lipinski definition) is 1. The molecule has 1 aromatic carbocycles. The maximum absolute atomic E-state index is 5.62. The molecule has 0 amide bonds. The summed E-state index contributed by atoms with van der Waals surface area (Å²) in [5.41, 5.74) is 6.64. The average Bonchev–Trinajstić information content (AvgIpc) is 2.42. The minimum absolute atomic E-state index is 0.488. The highest BCUT2D eigenvalue weighted by Crippen LogP contribution is 2.16. The summed E-state index contributed by atoms with van der Waals surface area (Å²) in [6, 6.07) is 7.78. The summed E-state index contributed by atoms with van der Waals surface area (Å²) in [6.45, 7) is 5.73. The lowest BCUT2D eigenvalue weighted by atomic mass is 10.2. The third-order valence-corrected chi connectivity index (χ3v) is 2.40. The molecule has 4 nitrogen and oxygen atoms in total. The van der Waals surface area contributed by atoms with Gasteiger partial charge in [-0.2, -0.15) is 0 Å². The van der Waals surface area contributed by atoms with E-state index >= 15 is 0 Å². The zero-order valence-electron chi connectivity index (χ0n) is 11.1. The molecule has 0 atom stereocenters. The van der Waals surface area contributed by atoms with Crippen molar-refractivity contribution in [2.24, 2.45) is 5.73 Å². The molecule has 4 heteroatoms. The molecule has 0 aliphatic heterocycles. The third-order valence-electron chi connectivity index (χ3n) is 2.40. The molecular formula is C14H23NO3. The van der Waals surface area contributed by atoms with Gasteiger partial charge in [0.1, 0.15) is 12.4 Å². The molecule has 0 aliphatic rings. The maximum atomic E-state index is 5.62. The Kier molecular flexibility index (Phi) is 8.21. The summed E-state index contributed by atoms with van der Waals surface area (Å²) in [5, 5.41) is 0. The van der Waals surface area contributed by atoms with Crippen LogP contribution >= 0.6 is 0 Å². The van der Waals surface area contributed by atoms with Crippen molar-refractivity contribution < 1.29 is 14.2 Å². The normalized spacial score (nSPS) is 10.6. The summed E-state index contributed by atoms with van der Waals surface area (Å²) in [6.07, 6.45) is 1.04. The van der Waals surface area contributed by atoms with Gasteiger partial charge in [-0.1, -0.05) is 25.1 Å². The molecule has 0 aliphatic carbocycles. The fraction of sp³-hybridized carbons (Fsp3) is 0.571. The predicted molar refractivity (Wildman–Crippen MR) is 71.8 cm³/mol. The van der Waals surface area contributed by atoms with E-state index in [4.69, 9.17) is 19.9 Å². The first kappa shape index (κ1) is 15.0. The van der Waals surface area contributed by atoms with E-state index in [0.717, 1.165) is 24.3 Å². The van der Waals surface area contributed by atoms with E-state index in [0.29, 0.717) is 33.0 Å². The van der Waals surface area contributed by atoms with Crippen LogP contribution in [-0.2, 0) is 16.0 Å². The highest BCUT2D eigenvalue weighted by Gasteiger charge is 2.00. The van der Waals surface area contributed by atoms with E-state index in [-0.39, 0.29) is 0 Å². The Morgan fingerprint density at radius 1 is 0.944 bits per heavy atom. The van der Waals surface area contributed by atoms with E-state index in [1.54, 1.807) is 0 Å². The van der Waals surface area contributed by atoms with Crippen molar-refractivity contribution in [1.29, 1.82) is 0 Å². The summed E-state index contributed by atoms with van der Waals surface area (Å²) < 4.78 is 16.3. The molecule has 1 rings (SSSR count). The lowest BCUT2D eigenvalue weighted by molar-refractivity contribution is 0.0365. The van der Waals surface area contributed by atoms with Gasteiger partial charge in [-0.3, -0.25) is 0 Å². The molecule has 0 aromatic heterocycles. The standard InChI is InChI=1S/C14H23NO3/c1-2-7-16-8-9-17-10-11-18-14-6-4-3-5-13(14)12-15/h3-6H,2,7-12,15H2,1H3. The van der Waals surface area contributed by atoms with E-state index in [9.17, 15) is 0 Å². The van der Waals surface area contributed by atoms with Gasteiger partial charge in [0, 0.05) is 18.7 Å². The fourth-order valence-electron chi connectivity index (χ4n) is 1.49. The molecule has 0 saturated carbocycles. The van der Waals surface area contributed by atoms with Crippen LogP contribution in [0.5, 0.6) is 5.75 Å². The van der Waals surface area contributed by atoms with Crippen molar-refractivity contribution >= 4 is 0 Å². The van der Waals surface area contributed by atoms with Crippen molar-refractivity contribution in [2.75, 3.05) is 33.0 Å². The van der Waals surface area contributed by atoms with Crippen molar-refractivity contribution in [3.63, 3.8) is 0 Å². The molecule has 0 spiro atoms. The Bertz CT molecular complexity index is 318. The Hall–Kier alpha value is -1.10. The van der Waals surface area contributed by atoms with E-state index in [1.807, 2.05) is 24.3 Å². The smallest absolute Gasteiger partial charge is 0.123 e. The number of hydrogen-bond acceptors (Lipinski definition) is 4. The minimum Gasteiger partial charge on any atom is -0.491 e. The number of rotatable bonds is 10. The van der Waals surface area contributed by atoms with Crippen LogP contribution in [0.2, 0.25) is 0 Å². The second-order valence-corrected chi connectivity index (χ2v) is 3.89. The number of ether oxygens (including phenoxy) is 3. The van der Waals surface area contributed by atoms with Crippen molar-refractivity contribution in [1.82, 2.24) is 0 Å². The summed E-state index contributed by atoms with van der Waals surface area (Å²) in [7, 11) is 0. The van der Waals surface area contributed by atoms with Gasteiger partial charge in [-0.05, 0) is 12.5 Å². The first-order valence-electron chi connectivity index (χ1n) is 6.44. The van der Waals surface area contributed by atoms with Crippen LogP contribution in [0, 0.1) is 0 Å². The number of para-hydroxylation sites is 1. The molecular weight excluding hydrogens is 230 g/mol. The first-order chi connectivity index (χ1) is 8.88. The largest absolute Gasteiger partial charge is 0.491 e. The van der Waals surface area contributed by atoms with Gasteiger partial charge >= 0.3 is 0 Å². The van der Waals surface area contributed by atoms with E-state index < -0.39 is 0 Å². The summed E-state index contributed by atoms with van der Waals surface area (Å²) >= 11 is 0. The molecule has 1 aromatic rings. The van der Waals surface area contributed by atoms with Crippen LogP contribution in [0.15, 0.2) is 24.3 Å². The van der Waals surface area contributed by atoms with Crippen LogP contribution in [0.1, 0.15) is 18.9 Å². The topological polar surface area (TPSA) is 53.7 Å². The molecule has 0 bridgehead atoms. The van der Waals surface area contributed by atoms with Gasteiger partial charge in [0.25, 0.3) is 0 Å². The molecule has 0 radical (unpaired) electrons. The first-order valence-corrected chi connectivity index (χ1v) is 6.44. The number of nitrogens with two attached hydrogens (primary N) is 1. The second kappa shape index (κ2) is 9.88. The lowest BCUT2D eigenvalue weighted by Crippen LogP contribution is -2.12. The maximum Gasteiger partial charge on any atom is 0.123 e. The van der Waals surface area contributed by atoms with Crippen molar-refractivity contribution in [3.8, 4) is 5.75 Å². The van der Waals surface area contributed by atoms with Gasteiger partial charge in [0.05, 0.1) is 19.8 Å². The Labute approximate surface area is 109 Å². The lowest BCUT2D eigenvalue weighted by Gasteiger charge is -2.10. The van der Waals surface area contributed by atoms with Gasteiger partial charge in [0.15, 0.2) is 0 Å².